The van der Waals surface area contributed by atoms with E-state index in [9.17, 15) is 0 Å². The van der Waals surface area contributed by atoms with E-state index in [4.69, 9.17) is 0 Å². The summed E-state index contributed by atoms with van der Waals surface area (Å²) in [6.45, 7) is 12.9. The van der Waals surface area contributed by atoms with Crippen LogP contribution in [0.1, 0.15) is 38.2 Å². The lowest BCUT2D eigenvalue weighted by molar-refractivity contribution is 0.136. The lowest BCUT2D eigenvalue weighted by Crippen LogP contribution is -2.47. The van der Waals surface area contributed by atoms with Crippen molar-refractivity contribution in [2.45, 2.75) is 39.0 Å². The Labute approximate surface area is 178 Å². The highest BCUT2D eigenvalue weighted by atomic mass is 15.3. The van der Waals surface area contributed by atoms with Crippen molar-refractivity contribution in [2.24, 2.45) is 10.9 Å². The lowest BCUT2D eigenvalue weighted by atomic mass is 9.90. The van der Waals surface area contributed by atoms with Crippen molar-refractivity contribution in [3.8, 4) is 0 Å². The van der Waals surface area contributed by atoms with Gasteiger partial charge >= 0.3 is 0 Å². The molecule has 0 aromatic heterocycles. The van der Waals surface area contributed by atoms with Gasteiger partial charge in [-0.2, -0.15) is 0 Å². The van der Waals surface area contributed by atoms with E-state index in [-0.39, 0.29) is 0 Å². The summed E-state index contributed by atoms with van der Waals surface area (Å²) in [7, 11) is 1.92. The van der Waals surface area contributed by atoms with E-state index in [2.05, 4.69) is 62.3 Å². The van der Waals surface area contributed by atoms with E-state index >= 15 is 0 Å². The quantitative estimate of drug-likeness (QED) is 0.414. The average Bonchev–Trinajstić information content (AvgIpc) is 2.78. The molecule has 0 aliphatic carbocycles. The monoisotopic (exact) mass is 399 g/mol. The van der Waals surface area contributed by atoms with Gasteiger partial charge < -0.3 is 20.0 Å². The summed E-state index contributed by atoms with van der Waals surface area (Å²) in [6.07, 6.45) is 6.23. The van der Waals surface area contributed by atoms with Crippen LogP contribution < -0.4 is 5.32 Å². The van der Waals surface area contributed by atoms with Gasteiger partial charge in [-0.1, -0.05) is 37.3 Å². The van der Waals surface area contributed by atoms with Crippen LogP contribution in [-0.4, -0.2) is 86.6 Å². The minimum atomic E-state index is 0.805. The van der Waals surface area contributed by atoms with Gasteiger partial charge in [0.15, 0.2) is 5.96 Å². The molecule has 0 amide bonds. The average molecular weight is 400 g/mol. The van der Waals surface area contributed by atoms with Crippen molar-refractivity contribution in [1.29, 1.82) is 0 Å². The Morgan fingerprint density at radius 3 is 2.31 bits per heavy atom. The van der Waals surface area contributed by atoms with Crippen molar-refractivity contribution in [2.75, 3.05) is 66.0 Å². The van der Waals surface area contributed by atoms with Gasteiger partial charge in [0.2, 0.25) is 0 Å². The molecule has 0 unspecified atom stereocenters. The highest BCUT2D eigenvalue weighted by molar-refractivity contribution is 5.79. The van der Waals surface area contributed by atoms with Crippen LogP contribution >= 0.6 is 0 Å². The molecule has 1 N–H and O–H groups in total. The molecular weight excluding hydrogens is 358 g/mol. The summed E-state index contributed by atoms with van der Waals surface area (Å²) in [5, 5.41) is 3.61. The minimum absolute atomic E-state index is 0.805. The zero-order valence-electron chi connectivity index (χ0n) is 18.7. The third-order valence-corrected chi connectivity index (χ3v) is 6.59. The van der Waals surface area contributed by atoms with E-state index in [0.717, 1.165) is 31.5 Å². The number of hydrogen-bond acceptors (Lipinski definition) is 3. The third-order valence-electron chi connectivity index (χ3n) is 6.59. The molecule has 3 rings (SSSR count). The largest absolute Gasteiger partial charge is 0.356 e. The second-order valence-corrected chi connectivity index (χ2v) is 8.58. The molecule has 0 radical (unpaired) electrons. The Hall–Kier alpha value is -1.59. The first-order valence-corrected chi connectivity index (χ1v) is 11.7. The number of likely N-dealkylation sites (N-methyl/N-ethyl adjacent to an activating group) is 1. The molecule has 2 saturated heterocycles. The zero-order valence-corrected chi connectivity index (χ0v) is 18.7. The molecule has 5 heteroatoms. The third kappa shape index (κ3) is 7.31. The smallest absolute Gasteiger partial charge is 0.193 e. The van der Waals surface area contributed by atoms with Crippen molar-refractivity contribution < 1.29 is 0 Å². The number of rotatable bonds is 8. The standard InChI is InChI=1S/C24H41N5/c1-3-27-17-19-28(20-18-27)14-8-7-13-26-24(25-2)29-15-11-23(12-16-29)21-22-9-5-4-6-10-22/h4-6,9-10,23H,3,7-8,11-21H2,1-2H3,(H,25,26). The molecule has 0 bridgehead atoms. The first-order valence-electron chi connectivity index (χ1n) is 11.7. The van der Waals surface area contributed by atoms with Crippen LogP contribution in [0.2, 0.25) is 0 Å². The number of guanidine groups is 1. The molecule has 2 heterocycles. The normalized spacial score (nSPS) is 20.2. The Morgan fingerprint density at radius 2 is 1.66 bits per heavy atom. The van der Waals surface area contributed by atoms with Crippen molar-refractivity contribution in [3.63, 3.8) is 0 Å². The Morgan fingerprint density at radius 1 is 0.966 bits per heavy atom. The van der Waals surface area contributed by atoms with Crippen LogP contribution in [0.4, 0.5) is 0 Å². The highest BCUT2D eigenvalue weighted by Gasteiger charge is 2.21. The fourth-order valence-corrected chi connectivity index (χ4v) is 4.62. The summed E-state index contributed by atoms with van der Waals surface area (Å²) in [5.74, 6) is 1.90. The van der Waals surface area contributed by atoms with Crippen LogP contribution in [0.3, 0.4) is 0 Å². The number of nitrogens with zero attached hydrogens (tertiary/aromatic N) is 4. The second-order valence-electron chi connectivity index (χ2n) is 8.58. The molecule has 2 aliphatic heterocycles. The highest BCUT2D eigenvalue weighted by Crippen LogP contribution is 2.21. The van der Waals surface area contributed by atoms with Gasteiger partial charge in [-0.05, 0) is 56.7 Å². The van der Waals surface area contributed by atoms with Gasteiger partial charge in [0.05, 0.1) is 0 Å². The Bertz CT molecular complexity index is 587. The van der Waals surface area contributed by atoms with Gasteiger partial charge in [0.1, 0.15) is 0 Å². The fraction of sp³-hybridized carbons (Fsp3) is 0.708. The van der Waals surface area contributed by atoms with E-state index in [1.807, 2.05) is 7.05 Å². The number of benzene rings is 1. The predicted molar refractivity (Wildman–Crippen MR) is 124 cm³/mol. The van der Waals surface area contributed by atoms with Crippen LogP contribution in [0.25, 0.3) is 0 Å². The molecule has 29 heavy (non-hydrogen) atoms. The Kier molecular flexibility index (Phi) is 9.29. The molecule has 5 nitrogen and oxygen atoms in total. The second kappa shape index (κ2) is 12.2. The summed E-state index contributed by atoms with van der Waals surface area (Å²) in [6, 6.07) is 10.9. The van der Waals surface area contributed by atoms with E-state index in [1.165, 1.54) is 76.9 Å². The number of unbranched alkanes of at least 4 members (excludes halogenated alkanes) is 1. The SMILES string of the molecule is CCN1CCN(CCCCNC(=NC)N2CCC(Cc3ccccc3)CC2)CC1. The van der Waals surface area contributed by atoms with Crippen LogP contribution in [-0.2, 0) is 6.42 Å². The maximum absolute atomic E-state index is 4.54. The molecule has 2 fully saturated rings. The molecule has 1 aromatic rings. The van der Waals surface area contributed by atoms with Crippen LogP contribution in [0.15, 0.2) is 35.3 Å². The van der Waals surface area contributed by atoms with Gasteiger partial charge in [-0.25, -0.2) is 0 Å². The maximum atomic E-state index is 4.54. The Balaban J connectivity index is 1.28. The molecule has 0 spiro atoms. The number of likely N-dealkylation sites (tertiary alicyclic amines) is 1. The molecule has 0 atom stereocenters. The molecular formula is C24H41N5. The van der Waals surface area contributed by atoms with Gasteiger partial charge in [-0.3, -0.25) is 4.99 Å². The van der Waals surface area contributed by atoms with Crippen LogP contribution in [0, 0.1) is 5.92 Å². The number of aliphatic imine (C=N–C) groups is 1. The molecule has 162 valence electrons. The first kappa shape index (κ1) is 22.1. The van der Waals surface area contributed by atoms with Crippen LogP contribution in [0.5, 0.6) is 0 Å². The summed E-state index contributed by atoms with van der Waals surface area (Å²) >= 11 is 0. The number of piperidine rings is 1. The zero-order chi connectivity index (χ0) is 20.3. The van der Waals surface area contributed by atoms with E-state index in [1.54, 1.807) is 0 Å². The number of nitrogens with one attached hydrogen (secondary N) is 1. The first-order chi connectivity index (χ1) is 14.3. The summed E-state index contributed by atoms with van der Waals surface area (Å²) in [4.78, 5) is 12.2. The maximum Gasteiger partial charge on any atom is 0.193 e. The minimum Gasteiger partial charge on any atom is -0.356 e. The van der Waals surface area contributed by atoms with Crippen molar-refractivity contribution in [3.05, 3.63) is 35.9 Å². The van der Waals surface area contributed by atoms with Crippen molar-refractivity contribution >= 4 is 5.96 Å². The fourth-order valence-electron chi connectivity index (χ4n) is 4.62. The predicted octanol–water partition coefficient (Wildman–Crippen LogP) is 2.93. The molecule has 0 saturated carbocycles. The number of hydrogen-bond donors (Lipinski definition) is 1. The summed E-state index contributed by atoms with van der Waals surface area (Å²) in [5.41, 5.74) is 1.48. The molecule has 1 aromatic carbocycles. The number of piperazine rings is 1. The summed E-state index contributed by atoms with van der Waals surface area (Å²) < 4.78 is 0. The van der Waals surface area contributed by atoms with Gasteiger partial charge in [-0.15, -0.1) is 0 Å². The molecule has 2 aliphatic rings. The van der Waals surface area contributed by atoms with Crippen molar-refractivity contribution in [1.82, 2.24) is 20.0 Å². The topological polar surface area (TPSA) is 34.1 Å². The lowest BCUT2D eigenvalue weighted by Gasteiger charge is -2.34. The van der Waals surface area contributed by atoms with Gasteiger partial charge in [0, 0.05) is 52.9 Å². The van der Waals surface area contributed by atoms with E-state index in [0.29, 0.717) is 0 Å². The van der Waals surface area contributed by atoms with E-state index < -0.39 is 0 Å². The van der Waals surface area contributed by atoms with Gasteiger partial charge in [0.25, 0.3) is 0 Å².